The van der Waals surface area contributed by atoms with Crippen LogP contribution >= 0.6 is 11.8 Å². The summed E-state index contributed by atoms with van der Waals surface area (Å²) in [7, 11) is 1.44. The number of benzene rings is 2. The number of hydroxylamine groups is 2. The van der Waals surface area contributed by atoms with Gasteiger partial charge in [0, 0.05) is 17.4 Å². The lowest BCUT2D eigenvalue weighted by molar-refractivity contribution is -0.140. The standard InChI is InChI=1S/C24H26N6O3S/c1-4-33-30-14-29(21-20(30)15(2)34-22(21)24(31)32-3)13-16-9-11-17(12-10-16)18-7-5-6-8-19(18)23-25-27-28-26-23/h5-12,15,22H,4,13-14H2,1-3H3,(H,25,26,27,28). The molecule has 0 spiro atoms. The molecule has 0 amide bonds. The number of aromatic nitrogens is 4. The number of methoxy groups -OCH3 is 1. The molecular weight excluding hydrogens is 452 g/mol. The summed E-state index contributed by atoms with van der Waals surface area (Å²) in [4.78, 5) is 20.6. The van der Waals surface area contributed by atoms with Gasteiger partial charge < -0.3 is 9.64 Å². The minimum atomic E-state index is -0.345. The molecule has 3 heterocycles. The Labute approximate surface area is 202 Å². The third kappa shape index (κ3) is 4.03. The van der Waals surface area contributed by atoms with Crippen molar-refractivity contribution in [2.75, 3.05) is 20.4 Å². The van der Waals surface area contributed by atoms with E-state index >= 15 is 0 Å². The quantitative estimate of drug-likeness (QED) is 0.512. The predicted molar refractivity (Wildman–Crippen MR) is 129 cm³/mol. The van der Waals surface area contributed by atoms with E-state index in [4.69, 9.17) is 9.57 Å². The molecule has 0 saturated heterocycles. The molecule has 10 heteroatoms. The van der Waals surface area contributed by atoms with E-state index < -0.39 is 0 Å². The van der Waals surface area contributed by atoms with Crippen molar-refractivity contribution in [1.29, 1.82) is 0 Å². The molecule has 1 N–H and O–H groups in total. The molecule has 2 unspecified atom stereocenters. The van der Waals surface area contributed by atoms with Crippen LogP contribution in [0.15, 0.2) is 59.9 Å². The molecule has 9 nitrogen and oxygen atoms in total. The van der Waals surface area contributed by atoms with Gasteiger partial charge in [-0.3, -0.25) is 9.63 Å². The minimum Gasteiger partial charge on any atom is -0.468 e. The highest BCUT2D eigenvalue weighted by molar-refractivity contribution is 8.01. The fourth-order valence-electron chi connectivity index (χ4n) is 4.54. The van der Waals surface area contributed by atoms with Crippen LogP contribution in [0.2, 0.25) is 0 Å². The Morgan fingerprint density at radius 2 is 1.91 bits per heavy atom. The van der Waals surface area contributed by atoms with E-state index in [-0.39, 0.29) is 16.5 Å². The van der Waals surface area contributed by atoms with Crippen molar-refractivity contribution < 1.29 is 14.4 Å². The molecule has 2 atom stereocenters. The molecule has 0 saturated carbocycles. The zero-order chi connectivity index (χ0) is 23.7. The van der Waals surface area contributed by atoms with Crippen molar-refractivity contribution in [3.8, 4) is 22.5 Å². The monoisotopic (exact) mass is 478 g/mol. The zero-order valence-electron chi connectivity index (χ0n) is 19.3. The second kappa shape index (κ2) is 9.47. The molecule has 2 aliphatic rings. The molecule has 2 aromatic carbocycles. The highest BCUT2D eigenvalue weighted by Crippen LogP contribution is 2.46. The Bertz CT molecular complexity index is 1200. The van der Waals surface area contributed by atoms with Crippen LogP contribution in [0.4, 0.5) is 0 Å². The zero-order valence-corrected chi connectivity index (χ0v) is 20.1. The third-order valence-electron chi connectivity index (χ3n) is 6.01. The number of carbonyl (C=O) groups is 1. The lowest BCUT2D eigenvalue weighted by Gasteiger charge is -2.28. The lowest BCUT2D eigenvalue weighted by atomic mass is 9.98. The average molecular weight is 479 g/mol. The van der Waals surface area contributed by atoms with Crippen molar-refractivity contribution in [1.82, 2.24) is 30.6 Å². The largest absolute Gasteiger partial charge is 0.468 e. The number of nitrogens with zero attached hydrogens (tertiary/aromatic N) is 5. The van der Waals surface area contributed by atoms with Crippen LogP contribution in [-0.2, 0) is 20.9 Å². The molecule has 34 heavy (non-hydrogen) atoms. The van der Waals surface area contributed by atoms with Gasteiger partial charge in [-0.05, 0) is 41.0 Å². The van der Waals surface area contributed by atoms with E-state index in [0.717, 1.165) is 33.6 Å². The molecule has 5 rings (SSSR count). The van der Waals surface area contributed by atoms with Crippen molar-refractivity contribution >= 4 is 17.7 Å². The summed E-state index contributed by atoms with van der Waals surface area (Å²) in [5, 5.41) is 16.0. The van der Waals surface area contributed by atoms with E-state index in [0.29, 0.717) is 25.6 Å². The van der Waals surface area contributed by atoms with E-state index in [1.54, 1.807) is 11.8 Å². The van der Waals surface area contributed by atoms with Crippen LogP contribution in [0.1, 0.15) is 19.4 Å². The first kappa shape index (κ1) is 22.4. The van der Waals surface area contributed by atoms with E-state index in [1.165, 1.54) is 7.11 Å². The molecule has 176 valence electrons. The van der Waals surface area contributed by atoms with Gasteiger partial charge in [-0.1, -0.05) is 48.5 Å². The van der Waals surface area contributed by atoms with E-state index in [1.807, 2.05) is 30.2 Å². The molecule has 1 aromatic heterocycles. The number of aromatic amines is 1. The van der Waals surface area contributed by atoms with Gasteiger partial charge >= 0.3 is 5.97 Å². The molecule has 0 fully saturated rings. The minimum absolute atomic E-state index is 0.153. The summed E-state index contributed by atoms with van der Waals surface area (Å²) in [5.74, 6) is 0.410. The summed E-state index contributed by atoms with van der Waals surface area (Å²) < 4.78 is 5.09. The number of hydrogen-bond acceptors (Lipinski definition) is 9. The maximum absolute atomic E-state index is 12.5. The number of esters is 1. The van der Waals surface area contributed by atoms with Crippen molar-refractivity contribution in [3.63, 3.8) is 0 Å². The van der Waals surface area contributed by atoms with Crippen LogP contribution in [0.25, 0.3) is 22.5 Å². The lowest BCUT2D eigenvalue weighted by Crippen LogP contribution is -2.34. The first-order valence-corrected chi connectivity index (χ1v) is 12.1. The van der Waals surface area contributed by atoms with Crippen molar-refractivity contribution in [2.24, 2.45) is 0 Å². The number of hydrogen-bond donors (Lipinski definition) is 1. The Kier molecular flexibility index (Phi) is 6.25. The number of carbonyl (C=O) groups excluding carboxylic acids is 1. The van der Waals surface area contributed by atoms with Gasteiger partial charge in [0.15, 0.2) is 5.82 Å². The Balaban J connectivity index is 1.40. The number of H-pyrrole nitrogens is 1. The van der Waals surface area contributed by atoms with Crippen molar-refractivity contribution in [3.05, 3.63) is 65.5 Å². The summed E-state index contributed by atoms with van der Waals surface area (Å²) in [5.41, 5.74) is 6.26. The number of thioether (sulfide) groups is 1. The predicted octanol–water partition coefficient (Wildman–Crippen LogP) is 3.45. The Hall–Kier alpha value is -3.37. The van der Waals surface area contributed by atoms with E-state index in [9.17, 15) is 4.79 Å². The first-order chi connectivity index (χ1) is 16.6. The van der Waals surface area contributed by atoms with E-state index in [2.05, 4.69) is 62.8 Å². The normalized spacial score (nSPS) is 19.6. The topological polar surface area (TPSA) is 96.5 Å². The summed E-state index contributed by atoms with van der Waals surface area (Å²) in [6.07, 6.45) is 0. The van der Waals surface area contributed by atoms with Gasteiger partial charge in [-0.15, -0.1) is 16.9 Å². The molecule has 0 radical (unpaired) electrons. The molecular formula is C24H26N6O3S. The van der Waals surface area contributed by atoms with Gasteiger partial charge in [-0.2, -0.15) is 0 Å². The van der Waals surface area contributed by atoms with Crippen LogP contribution in [0.5, 0.6) is 0 Å². The summed E-state index contributed by atoms with van der Waals surface area (Å²) in [6.45, 7) is 5.89. The number of rotatable bonds is 7. The number of ether oxygens (including phenoxy) is 1. The molecule has 2 aliphatic heterocycles. The maximum Gasteiger partial charge on any atom is 0.324 e. The second-order valence-corrected chi connectivity index (χ2v) is 9.53. The van der Waals surface area contributed by atoms with Gasteiger partial charge in [0.1, 0.15) is 11.9 Å². The van der Waals surface area contributed by atoms with Crippen LogP contribution in [0.3, 0.4) is 0 Å². The highest BCUT2D eigenvalue weighted by Gasteiger charge is 2.46. The van der Waals surface area contributed by atoms with Crippen LogP contribution in [0, 0.1) is 0 Å². The van der Waals surface area contributed by atoms with Gasteiger partial charge in [0.2, 0.25) is 0 Å². The Morgan fingerprint density at radius 3 is 2.59 bits per heavy atom. The fraction of sp³-hybridized carbons (Fsp3) is 0.333. The summed E-state index contributed by atoms with van der Waals surface area (Å²) in [6, 6.07) is 16.5. The smallest absolute Gasteiger partial charge is 0.324 e. The third-order valence-corrected chi connectivity index (χ3v) is 7.33. The summed E-state index contributed by atoms with van der Waals surface area (Å²) >= 11 is 1.60. The fourth-order valence-corrected chi connectivity index (χ4v) is 5.92. The molecule has 3 aromatic rings. The average Bonchev–Trinajstić information content (AvgIpc) is 3.59. The number of tetrazole rings is 1. The van der Waals surface area contributed by atoms with Crippen LogP contribution in [-0.4, -0.2) is 67.4 Å². The number of nitrogens with one attached hydrogen (secondary N) is 1. The highest BCUT2D eigenvalue weighted by atomic mass is 32.2. The van der Waals surface area contributed by atoms with Gasteiger partial charge in [-0.25, -0.2) is 10.2 Å². The van der Waals surface area contributed by atoms with Gasteiger partial charge in [0.25, 0.3) is 0 Å². The van der Waals surface area contributed by atoms with Crippen molar-refractivity contribution in [2.45, 2.75) is 30.9 Å². The maximum atomic E-state index is 12.5. The van der Waals surface area contributed by atoms with Crippen LogP contribution < -0.4 is 0 Å². The molecule has 0 aliphatic carbocycles. The molecule has 0 bridgehead atoms. The van der Waals surface area contributed by atoms with Gasteiger partial charge in [0.05, 0.1) is 25.1 Å². The SMILES string of the molecule is CCON1CN(Cc2ccc(-c3ccccc3-c3nnn[nH]3)cc2)C2=C1C(C)SC2C(=O)OC. The second-order valence-electron chi connectivity index (χ2n) is 8.08. The Morgan fingerprint density at radius 1 is 1.15 bits per heavy atom. The first-order valence-electron chi connectivity index (χ1n) is 11.2.